The van der Waals surface area contributed by atoms with Crippen molar-refractivity contribution >= 4 is 5.91 Å². The van der Waals surface area contributed by atoms with Crippen molar-refractivity contribution in [3.8, 4) is 11.8 Å². The Labute approximate surface area is 141 Å². The van der Waals surface area contributed by atoms with Gasteiger partial charge in [-0.2, -0.15) is 10.4 Å². The van der Waals surface area contributed by atoms with E-state index in [4.69, 9.17) is 10.00 Å². The topological polar surface area (TPSA) is 71.2 Å². The van der Waals surface area contributed by atoms with Crippen LogP contribution in [0.3, 0.4) is 0 Å². The number of aromatic nitrogens is 2. The molecule has 1 saturated heterocycles. The molecule has 3 rings (SSSR count). The molecular weight excluding hydrogens is 304 g/mol. The summed E-state index contributed by atoms with van der Waals surface area (Å²) in [7, 11) is 0. The van der Waals surface area contributed by atoms with E-state index >= 15 is 0 Å². The standard InChI is InChI=1S/C18H20N4O2/c1-14(24-17-7-5-15(12-19)6-8-17)18(23)22-11-2-4-16(22)13-21-10-3-9-20-21/h3,5-10,14,16H,2,4,11,13H2,1H3/t14-,16+/m1/s1. The van der Waals surface area contributed by atoms with E-state index < -0.39 is 6.10 Å². The number of benzene rings is 1. The minimum absolute atomic E-state index is 0.00554. The van der Waals surface area contributed by atoms with Gasteiger partial charge in [0.25, 0.3) is 5.91 Å². The molecule has 1 amide bonds. The number of carbonyl (C=O) groups excluding carboxylic acids is 1. The molecule has 6 nitrogen and oxygen atoms in total. The van der Waals surface area contributed by atoms with Crippen molar-refractivity contribution in [3.63, 3.8) is 0 Å². The third-order valence-electron chi connectivity index (χ3n) is 4.26. The van der Waals surface area contributed by atoms with Gasteiger partial charge in [-0.1, -0.05) is 0 Å². The molecule has 1 aliphatic heterocycles. The fraction of sp³-hybridized carbons (Fsp3) is 0.389. The first-order chi connectivity index (χ1) is 11.7. The van der Waals surface area contributed by atoms with Crippen molar-refractivity contribution in [2.24, 2.45) is 0 Å². The molecule has 0 aliphatic carbocycles. The van der Waals surface area contributed by atoms with Crippen LogP contribution in [-0.4, -0.2) is 39.3 Å². The van der Waals surface area contributed by atoms with Gasteiger partial charge in [0.1, 0.15) is 5.75 Å². The van der Waals surface area contributed by atoms with E-state index in [1.54, 1.807) is 37.4 Å². The average molecular weight is 324 g/mol. The van der Waals surface area contributed by atoms with Gasteiger partial charge in [0.05, 0.1) is 24.2 Å². The highest BCUT2D eigenvalue weighted by Crippen LogP contribution is 2.21. The number of hydrogen-bond donors (Lipinski definition) is 0. The molecule has 0 radical (unpaired) electrons. The Morgan fingerprint density at radius 1 is 1.46 bits per heavy atom. The Hall–Kier alpha value is -2.81. The van der Waals surface area contributed by atoms with Gasteiger partial charge in [0.2, 0.25) is 0 Å². The van der Waals surface area contributed by atoms with Crippen molar-refractivity contribution in [1.29, 1.82) is 5.26 Å². The smallest absolute Gasteiger partial charge is 0.263 e. The predicted octanol–water partition coefficient (Wildman–Crippen LogP) is 2.21. The molecule has 124 valence electrons. The summed E-state index contributed by atoms with van der Waals surface area (Å²) < 4.78 is 7.61. The number of amides is 1. The lowest BCUT2D eigenvalue weighted by Crippen LogP contribution is -2.44. The molecule has 0 bridgehead atoms. The zero-order valence-corrected chi connectivity index (χ0v) is 13.6. The molecule has 0 unspecified atom stereocenters. The molecule has 0 N–H and O–H groups in total. The Kier molecular flexibility index (Phi) is 4.80. The number of carbonyl (C=O) groups is 1. The number of ether oxygens (including phenoxy) is 1. The minimum atomic E-state index is -0.559. The van der Waals surface area contributed by atoms with E-state index in [0.717, 1.165) is 19.4 Å². The molecule has 1 aromatic carbocycles. The second-order valence-electron chi connectivity index (χ2n) is 5.95. The molecule has 0 saturated carbocycles. The van der Waals surface area contributed by atoms with Gasteiger partial charge in [-0.05, 0) is 50.1 Å². The SMILES string of the molecule is C[C@@H](Oc1ccc(C#N)cc1)C(=O)N1CCC[C@H]1Cn1cccn1. The summed E-state index contributed by atoms with van der Waals surface area (Å²) in [5, 5.41) is 13.0. The van der Waals surface area contributed by atoms with Crippen LogP contribution in [0.25, 0.3) is 0 Å². The van der Waals surface area contributed by atoms with E-state index in [1.165, 1.54) is 0 Å². The summed E-state index contributed by atoms with van der Waals surface area (Å²) in [4.78, 5) is 14.6. The Morgan fingerprint density at radius 2 is 2.25 bits per heavy atom. The van der Waals surface area contributed by atoms with Crippen LogP contribution in [-0.2, 0) is 11.3 Å². The normalized spacial score (nSPS) is 18.2. The van der Waals surface area contributed by atoms with Crippen LogP contribution in [0.2, 0.25) is 0 Å². The number of nitrogens with zero attached hydrogens (tertiary/aromatic N) is 4. The summed E-state index contributed by atoms with van der Waals surface area (Å²) in [5.74, 6) is 0.590. The van der Waals surface area contributed by atoms with Crippen molar-refractivity contribution in [2.45, 2.75) is 38.5 Å². The maximum atomic E-state index is 12.7. The first-order valence-electron chi connectivity index (χ1n) is 8.12. The molecular formula is C18H20N4O2. The van der Waals surface area contributed by atoms with E-state index in [1.807, 2.05) is 21.8 Å². The summed E-state index contributed by atoms with van der Waals surface area (Å²) >= 11 is 0. The van der Waals surface area contributed by atoms with Crippen LogP contribution in [0.4, 0.5) is 0 Å². The van der Waals surface area contributed by atoms with Crippen LogP contribution < -0.4 is 4.74 Å². The van der Waals surface area contributed by atoms with E-state index in [9.17, 15) is 4.79 Å². The highest BCUT2D eigenvalue weighted by atomic mass is 16.5. The fourth-order valence-corrected chi connectivity index (χ4v) is 3.04. The number of nitriles is 1. The molecule has 0 spiro atoms. The van der Waals surface area contributed by atoms with E-state index in [2.05, 4.69) is 11.2 Å². The summed E-state index contributed by atoms with van der Waals surface area (Å²) in [6.07, 6.45) is 5.09. The summed E-state index contributed by atoms with van der Waals surface area (Å²) in [5.41, 5.74) is 0.570. The predicted molar refractivity (Wildman–Crippen MR) is 88.2 cm³/mol. The van der Waals surface area contributed by atoms with Gasteiger partial charge in [0, 0.05) is 18.9 Å². The van der Waals surface area contributed by atoms with Gasteiger partial charge in [-0.25, -0.2) is 0 Å². The Morgan fingerprint density at radius 3 is 2.92 bits per heavy atom. The first-order valence-corrected chi connectivity index (χ1v) is 8.12. The number of rotatable bonds is 5. The van der Waals surface area contributed by atoms with Crippen LogP contribution in [0, 0.1) is 11.3 Å². The zero-order chi connectivity index (χ0) is 16.9. The number of likely N-dealkylation sites (tertiary alicyclic amines) is 1. The first kappa shape index (κ1) is 16.1. The van der Waals surface area contributed by atoms with E-state index in [0.29, 0.717) is 17.9 Å². The largest absolute Gasteiger partial charge is 0.481 e. The quantitative estimate of drug-likeness (QED) is 0.845. The Balaban J connectivity index is 1.62. The Bertz CT molecular complexity index is 718. The van der Waals surface area contributed by atoms with Gasteiger partial charge in [-0.3, -0.25) is 9.48 Å². The molecule has 1 aromatic heterocycles. The van der Waals surface area contributed by atoms with E-state index in [-0.39, 0.29) is 11.9 Å². The third-order valence-corrected chi connectivity index (χ3v) is 4.26. The van der Waals surface area contributed by atoms with Crippen LogP contribution in [0.1, 0.15) is 25.3 Å². The van der Waals surface area contributed by atoms with Gasteiger partial charge in [0.15, 0.2) is 6.10 Å². The van der Waals surface area contributed by atoms with Crippen LogP contribution in [0.15, 0.2) is 42.7 Å². The maximum absolute atomic E-state index is 12.7. The van der Waals surface area contributed by atoms with Crippen LogP contribution in [0.5, 0.6) is 5.75 Å². The lowest BCUT2D eigenvalue weighted by atomic mass is 10.2. The third kappa shape index (κ3) is 3.57. The highest BCUT2D eigenvalue weighted by molar-refractivity contribution is 5.81. The molecule has 6 heteroatoms. The summed E-state index contributed by atoms with van der Waals surface area (Å²) in [6, 6.07) is 10.9. The monoisotopic (exact) mass is 324 g/mol. The molecule has 2 atom stereocenters. The van der Waals surface area contributed by atoms with Gasteiger partial charge < -0.3 is 9.64 Å². The van der Waals surface area contributed by atoms with Gasteiger partial charge in [-0.15, -0.1) is 0 Å². The zero-order valence-electron chi connectivity index (χ0n) is 13.6. The maximum Gasteiger partial charge on any atom is 0.263 e. The molecule has 1 aliphatic rings. The number of hydrogen-bond acceptors (Lipinski definition) is 4. The summed E-state index contributed by atoms with van der Waals surface area (Å²) in [6.45, 7) is 3.23. The average Bonchev–Trinajstić information content (AvgIpc) is 3.27. The van der Waals surface area contributed by atoms with Crippen molar-refractivity contribution in [1.82, 2.24) is 14.7 Å². The van der Waals surface area contributed by atoms with Crippen molar-refractivity contribution in [2.75, 3.05) is 6.54 Å². The molecule has 2 heterocycles. The molecule has 2 aromatic rings. The lowest BCUT2D eigenvalue weighted by Gasteiger charge is -2.27. The lowest BCUT2D eigenvalue weighted by molar-refractivity contribution is -0.139. The van der Waals surface area contributed by atoms with Gasteiger partial charge >= 0.3 is 0 Å². The molecule has 24 heavy (non-hydrogen) atoms. The minimum Gasteiger partial charge on any atom is -0.481 e. The second kappa shape index (κ2) is 7.18. The van der Waals surface area contributed by atoms with Crippen molar-refractivity contribution in [3.05, 3.63) is 48.3 Å². The second-order valence-corrected chi connectivity index (χ2v) is 5.95. The van der Waals surface area contributed by atoms with Crippen LogP contribution >= 0.6 is 0 Å². The van der Waals surface area contributed by atoms with Crippen molar-refractivity contribution < 1.29 is 9.53 Å². The highest BCUT2D eigenvalue weighted by Gasteiger charge is 2.32. The fourth-order valence-electron chi connectivity index (χ4n) is 3.04. The molecule has 1 fully saturated rings.